The molecule has 4 rings (SSSR count). The second-order valence-electron chi connectivity index (χ2n) is 7.20. The van der Waals surface area contributed by atoms with Gasteiger partial charge in [0.05, 0.1) is 29.5 Å². The first-order valence-electron chi connectivity index (χ1n) is 10.2. The summed E-state index contributed by atoms with van der Waals surface area (Å²) in [5.41, 5.74) is 1.38. The van der Waals surface area contributed by atoms with Crippen molar-refractivity contribution in [2.24, 2.45) is 0 Å². The normalized spacial score (nSPS) is 14.9. The molecule has 2 heterocycles. The molecule has 9 nitrogen and oxygen atoms in total. The van der Waals surface area contributed by atoms with Crippen LogP contribution in [0.1, 0.15) is 0 Å². The van der Waals surface area contributed by atoms with Crippen molar-refractivity contribution in [3.63, 3.8) is 0 Å². The van der Waals surface area contributed by atoms with E-state index in [2.05, 4.69) is 15.4 Å². The minimum Gasteiger partial charge on any atom is -0.379 e. The lowest BCUT2D eigenvalue weighted by molar-refractivity contribution is 0.0730. The summed E-state index contributed by atoms with van der Waals surface area (Å²) in [5.74, 6) is 0. The van der Waals surface area contributed by atoms with Crippen molar-refractivity contribution in [1.29, 1.82) is 0 Å². The first kappa shape index (κ1) is 24.6. The highest BCUT2D eigenvalue weighted by molar-refractivity contribution is 7.94. The maximum absolute atomic E-state index is 12.8. The molecule has 180 valence electrons. The number of thiocarbonyl (C=S) groups is 1. The third-order valence-electron chi connectivity index (χ3n) is 4.90. The Morgan fingerprint density at radius 1 is 0.882 bits per heavy atom. The average molecular weight is 539 g/mol. The van der Waals surface area contributed by atoms with Crippen molar-refractivity contribution in [3.8, 4) is 0 Å². The highest BCUT2D eigenvalue weighted by Crippen LogP contribution is 2.26. The van der Waals surface area contributed by atoms with Crippen LogP contribution in [-0.2, 0) is 24.8 Å². The Bertz CT molecular complexity index is 1350. The Morgan fingerprint density at radius 2 is 1.56 bits per heavy atom. The molecule has 0 aliphatic carbocycles. The van der Waals surface area contributed by atoms with Crippen LogP contribution in [0.2, 0.25) is 0 Å². The van der Waals surface area contributed by atoms with Gasteiger partial charge in [0.15, 0.2) is 5.11 Å². The van der Waals surface area contributed by atoms with Gasteiger partial charge in [-0.15, -0.1) is 11.3 Å². The van der Waals surface area contributed by atoms with E-state index in [0.29, 0.717) is 43.4 Å². The molecule has 1 aromatic heterocycles. The lowest BCUT2D eigenvalue weighted by Crippen LogP contribution is -2.40. The molecular formula is C21H22N4O5S4. The zero-order valence-electron chi connectivity index (χ0n) is 17.8. The number of ether oxygens (including phenoxy) is 1. The van der Waals surface area contributed by atoms with Crippen molar-refractivity contribution in [1.82, 2.24) is 4.31 Å². The molecule has 0 amide bonds. The van der Waals surface area contributed by atoms with Gasteiger partial charge in [-0.1, -0.05) is 18.2 Å². The van der Waals surface area contributed by atoms with Gasteiger partial charge < -0.3 is 15.4 Å². The second kappa shape index (κ2) is 10.4. The number of rotatable bonds is 7. The van der Waals surface area contributed by atoms with E-state index >= 15 is 0 Å². The Labute approximate surface area is 207 Å². The van der Waals surface area contributed by atoms with Crippen LogP contribution in [-0.4, -0.2) is 52.6 Å². The summed E-state index contributed by atoms with van der Waals surface area (Å²) in [7, 11) is -7.30. The van der Waals surface area contributed by atoms with E-state index in [1.54, 1.807) is 47.8 Å². The van der Waals surface area contributed by atoms with E-state index in [4.69, 9.17) is 17.0 Å². The van der Waals surface area contributed by atoms with Gasteiger partial charge in [-0.2, -0.15) is 4.31 Å². The van der Waals surface area contributed by atoms with Crippen molar-refractivity contribution >= 4 is 65.8 Å². The fraction of sp³-hybridized carbons (Fsp3) is 0.190. The third kappa shape index (κ3) is 5.74. The fourth-order valence-corrected chi connectivity index (χ4v) is 6.93. The molecule has 1 saturated heterocycles. The van der Waals surface area contributed by atoms with Crippen molar-refractivity contribution in [3.05, 3.63) is 66.0 Å². The molecular weight excluding hydrogens is 517 g/mol. The Morgan fingerprint density at radius 3 is 2.21 bits per heavy atom. The Balaban J connectivity index is 1.42. The van der Waals surface area contributed by atoms with E-state index < -0.39 is 20.0 Å². The van der Waals surface area contributed by atoms with Gasteiger partial charge in [0.2, 0.25) is 10.0 Å². The fourth-order valence-electron chi connectivity index (χ4n) is 3.22. The highest BCUT2D eigenvalue weighted by Gasteiger charge is 2.26. The zero-order valence-corrected chi connectivity index (χ0v) is 21.1. The molecule has 1 aliphatic rings. The smallest absolute Gasteiger partial charge is 0.271 e. The van der Waals surface area contributed by atoms with E-state index in [9.17, 15) is 16.8 Å². The van der Waals surface area contributed by atoms with Gasteiger partial charge in [0.1, 0.15) is 4.21 Å². The van der Waals surface area contributed by atoms with Gasteiger partial charge in [-0.3, -0.25) is 4.72 Å². The Kier molecular flexibility index (Phi) is 7.50. The molecule has 13 heteroatoms. The van der Waals surface area contributed by atoms with Crippen LogP contribution in [0, 0.1) is 0 Å². The number of nitrogens with zero attached hydrogens (tertiary/aromatic N) is 1. The molecule has 0 bridgehead atoms. The van der Waals surface area contributed by atoms with Crippen LogP contribution in [0.4, 0.5) is 17.1 Å². The number of hydrogen-bond donors (Lipinski definition) is 3. The van der Waals surface area contributed by atoms with E-state index in [-0.39, 0.29) is 14.2 Å². The second-order valence-corrected chi connectivity index (χ2v) is 12.4. The number of nitrogens with one attached hydrogen (secondary N) is 3. The summed E-state index contributed by atoms with van der Waals surface area (Å²) >= 11 is 6.49. The zero-order chi connectivity index (χ0) is 24.2. The van der Waals surface area contributed by atoms with Crippen molar-refractivity contribution < 1.29 is 21.6 Å². The molecule has 0 unspecified atom stereocenters. The van der Waals surface area contributed by atoms with Crippen molar-refractivity contribution in [2.45, 2.75) is 9.10 Å². The summed E-state index contributed by atoms with van der Waals surface area (Å²) in [5, 5.41) is 7.87. The monoisotopic (exact) mass is 538 g/mol. The van der Waals surface area contributed by atoms with E-state index in [1.807, 2.05) is 0 Å². The summed E-state index contributed by atoms with van der Waals surface area (Å²) in [4.78, 5) is 0.187. The number of para-hydroxylation sites is 2. The average Bonchev–Trinajstić information content (AvgIpc) is 3.37. The quantitative estimate of drug-likeness (QED) is 0.392. The molecule has 0 radical (unpaired) electrons. The first-order chi connectivity index (χ1) is 16.3. The first-order valence-corrected chi connectivity index (χ1v) is 14.4. The van der Waals surface area contributed by atoms with Gasteiger partial charge in [0, 0.05) is 18.8 Å². The predicted octanol–water partition coefficient (Wildman–Crippen LogP) is 3.38. The SMILES string of the molecule is O=S(=O)(Nc1ccccc1NC(=S)Nc1ccc(S(=O)(=O)N2CCOCC2)cc1)c1cccs1. The van der Waals surface area contributed by atoms with Crippen LogP contribution in [0.15, 0.2) is 75.1 Å². The van der Waals surface area contributed by atoms with Crippen LogP contribution in [0.3, 0.4) is 0 Å². The lowest BCUT2D eigenvalue weighted by atomic mass is 10.3. The van der Waals surface area contributed by atoms with Gasteiger partial charge in [0.25, 0.3) is 10.0 Å². The molecule has 1 aliphatic heterocycles. The largest absolute Gasteiger partial charge is 0.379 e. The molecule has 0 saturated carbocycles. The molecule has 3 N–H and O–H groups in total. The summed E-state index contributed by atoms with van der Waals surface area (Å²) in [6.45, 7) is 1.41. The molecule has 0 atom stereocenters. The van der Waals surface area contributed by atoms with Crippen molar-refractivity contribution in [2.75, 3.05) is 41.7 Å². The minimum atomic E-state index is -3.72. The molecule has 3 aromatic rings. The highest BCUT2D eigenvalue weighted by atomic mass is 32.2. The maximum atomic E-state index is 12.8. The van der Waals surface area contributed by atoms with Crippen LogP contribution < -0.4 is 15.4 Å². The van der Waals surface area contributed by atoms with E-state index in [0.717, 1.165) is 11.3 Å². The van der Waals surface area contributed by atoms with Gasteiger partial charge in [-0.05, 0) is 60.1 Å². The lowest BCUT2D eigenvalue weighted by Gasteiger charge is -2.26. The number of thiophene rings is 1. The minimum absolute atomic E-state index is 0.187. The summed E-state index contributed by atoms with van der Waals surface area (Å²) in [6, 6.07) is 16.2. The predicted molar refractivity (Wildman–Crippen MR) is 137 cm³/mol. The third-order valence-corrected chi connectivity index (χ3v) is 9.78. The number of anilines is 3. The van der Waals surface area contributed by atoms with Gasteiger partial charge >= 0.3 is 0 Å². The summed E-state index contributed by atoms with van der Waals surface area (Å²) in [6.07, 6.45) is 0. The van der Waals surface area contributed by atoms with Crippen LogP contribution in [0.5, 0.6) is 0 Å². The molecule has 2 aromatic carbocycles. The van der Waals surface area contributed by atoms with Crippen LogP contribution >= 0.6 is 23.6 Å². The maximum Gasteiger partial charge on any atom is 0.271 e. The number of sulfonamides is 2. The number of morpholine rings is 1. The topological polar surface area (TPSA) is 117 Å². The van der Waals surface area contributed by atoms with Gasteiger partial charge in [-0.25, -0.2) is 16.8 Å². The standard InChI is InChI=1S/C21H22N4O5S4/c26-33(27,20-6-3-15-32-20)24-19-5-2-1-4-18(19)23-21(31)22-16-7-9-17(10-8-16)34(28,29)25-11-13-30-14-12-25/h1-10,15,24H,11-14H2,(H2,22,23,31). The molecule has 0 spiro atoms. The number of benzene rings is 2. The Hall–Kier alpha value is -2.55. The molecule has 1 fully saturated rings. The van der Waals surface area contributed by atoms with E-state index in [1.165, 1.54) is 22.5 Å². The summed E-state index contributed by atoms with van der Waals surface area (Å²) < 4.78 is 60.1. The van der Waals surface area contributed by atoms with Crippen LogP contribution in [0.25, 0.3) is 0 Å². The molecule has 34 heavy (non-hydrogen) atoms. The number of hydrogen-bond acceptors (Lipinski definition) is 7.